The Hall–Kier alpha value is -1.92. The molecule has 2 rings (SSSR count). The summed E-state index contributed by atoms with van der Waals surface area (Å²) in [6, 6.07) is -0.0408. The van der Waals surface area contributed by atoms with Crippen molar-refractivity contribution in [2.45, 2.75) is 44.6 Å². The number of ether oxygens (including phenoxy) is 1. The Morgan fingerprint density at radius 1 is 1.33 bits per heavy atom. The summed E-state index contributed by atoms with van der Waals surface area (Å²) >= 11 is 0. The third-order valence-corrected chi connectivity index (χ3v) is 4.01. The quantitative estimate of drug-likeness (QED) is 0.765. The summed E-state index contributed by atoms with van der Waals surface area (Å²) in [6.45, 7) is 0. The molecule has 1 N–H and O–H groups in total. The molecular formula is C14H21N3O4. The Morgan fingerprint density at radius 3 is 2.76 bits per heavy atom. The van der Waals surface area contributed by atoms with Gasteiger partial charge in [-0.1, -0.05) is 6.42 Å². The van der Waals surface area contributed by atoms with E-state index in [-0.39, 0.29) is 29.7 Å². The van der Waals surface area contributed by atoms with Gasteiger partial charge in [0.1, 0.15) is 5.71 Å². The van der Waals surface area contributed by atoms with Crippen LogP contribution in [0.5, 0.6) is 0 Å². The lowest BCUT2D eigenvalue weighted by Gasteiger charge is -2.28. The predicted molar refractivity (Wildman–Crippen MR) is 75.3 cm³/mol. The number of nitrogens with zero attached hydrogens (tertiary/aromatic N) is 2. The molecule has 0 radical (unpaired) electrons. The smallest absolute Gasteiger partial charge is 0.308 e. The first-order valence-corrected chi connectivity index (χ1v) is 7.24. The number of nitrogens with one attached hydrogen (secondary N) is 1. The summed E-state index contributed by atoms with van der Waals surface area (Å²) in [7, 11) is 2.93. The van der Waals surface area contributed by atoms with Crippen LogP contribution in [0.1, 0.15) is 38.5 Å². The van der Waals surface area contributed by atoms with Crippen molar-refractivity contribution < 1.29 is 19.1 Å². The Balaban J connectivity index is 1.92. The third kappa shape index (κ3) is 3.80. The fraction of sp³-hybridized carbons (Fsp3) is 0.714. The molecule has 0 aromatic carbocycles. The van der Waals surface area contributed by atoms with Gasteiger partial charge in [-0.25, -0.2) is 5.01 Å². The molecule has 1 saturated carbocycles. The van der Waals surface area contributed by atoms with Crippen molar-refractivity contribution in [1.82, 2.24) is 10.3 Å². The molecule has 7 heteroatoms. The number of hydrazone groups is 1. The molecule has 0 spiro atoms. The first-order chi connectivity index (χ1) is 10.0. The van der Waals surface area contributed by atoms with Crippen molar-refractivity contribution in [2.24, 2.45) is 11.0 Å². The first-order valence-electron chi connectivity index (χ1n) is 7.24. The van der Waals surface area contributed by atoms with E-state index in [0.29, 0.717) is 25.0 Å². The normalized spacial score (nSPS) is 26.1. The molecule has 116 valence electrons. The summed E-state index contributed by atoms with van der Waals surface area (Å²) < 4.78 is 4.77. The van der Waals surface area contributed by atoms with Crippen molar-refractivity contribution in [3.63, 3.8) is 0 Å². The first kappa shape index (κ1) is 15.5. The number of rotatable bonds is 3. The molecule has 2 atom stereocenters. The molecule has 2 amide bonds. The van der Waals surface area contributed by atoms with Gasteiger partial charge in [-0.3, -0.25) is 14.4 Å². The lowest BCUT2D eigenvalue weighted by molar-refractivity contribution is -0.147. The molecular weight excluding hydrogens is 274 g/mol. The Labute approximate surface area is 123 Å². The summed E-state index contributed by atoms with van der Waals surface area (Å²) in [5.74, 6) is -0.694. The lowest BCUT2D eigenvalue weighted by atomic mass is 9.85. The zero-order valence-electron chi connectivity index (χ0n) is 12.4. The Bertz CT molecular complexity index is 475. The van der Waals surface area contributed by atoms with Crippen LogP contribution in [-0.4, -0.2) is 48.7 Å². The zero-order valence-corrected chi connectivity index (χ0v) is 12.4. The monoisotopic (exact) mass is 295 g/mol. The number of carbonyl (C=O) groups excluding carboxylic acids is 3. The van der Waals surface area contributed by atoms with Gasteiger partial charge in [0.2, 0.25) is 5.91 Å². The molecule has 1 fully saturated rings. The Kier molecular flexibility index (Phi) is 4.93. The van der Waals surface area contributed by atoms with Gasteiger partial charge >= 0.3 is 5.97 Å². The second kappa shape index (κ2) is 6.69. The molecule has 1 aliphatic carbocycles. The van der Waals surface area contributed by atoms with Crippen molar-refractivity contribution in [1.29, 1.82) is 0 Å². The standard InChI is InChI=1S/C14H21N3O4/c1-17-12(18)7-6-11(16-17)13(19)15-10-5-3-4-9(8-10)14(20)21-2/h9-10H,3-8H2,1-2H3,(H,15,19)/t9-,10-/m0/s1. The van der Waals surface area contributed by atoms with Crippen LogP contribution in [0.3, 0.4) is 0 Å². The van der Waals surface area contributed by atoms with Crippen molar-refractivity contribution in [3.8, 4) is 0 Å². The van der Waals surface area contributed by atoms with Crippen LogP contribution in [0.4, 0.5) is 0 Å². The van der Waals surface area contributed by atoms with E-state index in [4.69, 9.17) is 4.74 Å². The number of hydrogen-bond donors (Lipinski definition) is 1. The van der Waals surface area contributed by atoms with E-state index in [0.717, 1.165) is 19.3 Å². The van der Waals surface area contributed by atoms with Gasteiger partial charge in [0.25, 0.3) is 5.91 Å². The number of esters is 1. The lowest BCUT2D eigenvalue weighted by Crippen LogP contribution is -2.44. The maximum Gasteiger partial charge on any atom is 0.308 e. The van der Waals surface area contributed by atoms with Crippen LogP contribution >= 0.6 is 0 Å². The van der Waals surface area contributed by atoms with Crippen LogP contribution < -0.4 is 5.32 Å². The summed E-state index contributed by atoms with van der Waals surface area (Å²) in [5.41, 5.74) is 0.372. The third-order valence-electron chi connectivity index (χ3n) is 4.01. The van der Waals surface area contributed by atoms with E-state index in [1.165, 1.54) is 12.1 Å². The van der Waals surface area contributed by atoms with Gasteiger partial charge in [-0.15, -0.1) is 0 Å². The molecule has 21 heavy (non-hydrogen) atoms. The fourth-order valence-electron chi connectivity index (χ4n) is 2.80. The second-order valence-corrected chi connectivity index (χ2v) is 5.52. The second-order valence-electron chi connectivity index (χ2n) is 5.52. The minimum atomic E-state index is -0.245. The van der Waals surface area contributed by atoms with E-state index >= 15 is 0 Å². The maximum atomic E-state index is 12.2. The van der Waals surface area contributed by atoms with Crippen LogP contribution in [0.25, 0.3) is 0 Å². The topological polar surface area (TPSA) is 88.1 Å². The average Bonchev–Trinajstić information content (AvgIpc) is 2.49. The van der Waals surface area contributed by atoms with E-state index in [9.17, 15) is 14.4 Å². The molecule has 0 unspecified atom stereocenters. The zero-order chi connectivity index (χ0) is 15.4. The van der Waals surface area contributed by atoms with Gasteiger partial charge in [0.15, 0.2) is 0 Å². The number of methoxy groups -OCH3 is 1. The highest BCUT2D eigenvalue weighted by molar-refractivity contribution is 6.39. The largest absolute Gasteiger partial charge is 0.469 e. The van der Waals surface area contributed by atoms with Gasteiger partial charge in [-0.05, 0) is 19.3 Å². The molecule has 0 bridgehead atoms. The van der Waals surface area contributed by atoms with E-state index in [2.05, 4.69) is 10.4 Å². The van der Waals surface area contributed by atoms with Gasteiger partial charge in [-0.2, -0.15) is 5.10 Å². The van der Waals surface area contributed by atoms with Crippen LogP contribution in [0, 0.1) is 5.92 Å². The number of carbonyl (C=O) groups is 3. The Morgan fingerprint density at radius 2 is 2.10 bits per heavy atom. The molecule has 0 aromatic rings. The van der Waals surface area contributed by atoms with Crippen LogP contribution in [0.2, 0.25) is 0 Å². The highest BCUT2D eigenvalue weighted by Crippen LogP contribution is 2.25. The van der Waals surface area contributed by atoms with E-state index in [1.807, 2.05) is 0 Å². The van der Waals surface area contributed by atoms with Gasteiger partial charge in [0, 0.05) is 25.9 Å². The molecule has 7 nitrogen and oxygen atoms in total. The highest BCUT2D eigenvalue weighted by atomic mass is 16.5. The van der Waals surface area contributed by atoms with Gasteiger partial charge in [0.05, 0.1) is 13.0 Å². The SMILES string of the molecule is COC(=O)[C@H]1CCC[C@H](NC(=O)C2=NN(C)C(=O)CC2)C1. The maximum absolute atomic E-state index is 12.2. The minimum absolute atomic E-state index is 0.0408. The van der Waals surface area contributed by atoms with Crippen LogP contribution in [-0.2, 0) is 19.1 Å². The van der Waals surface area contributed by atoms with Crippen molar-refractivity contribution in [2.75, 3.05) is 14.2 Å². The van der Waals surface area contributed by atoms with Gasteiger partial charge < -0.3 is 10.1 Å². The fourth-order valence-corrected chi connectivity index (χ4v) is 2.80. The summed E-state index contributed by atoms with van der Waals surface area (Å²) in [4.78, 5) is 35.1. The number of amides is 2. The van der Waals surface area contributed by atoms with Crippen molar-refractivity contribution >= 4 is 23.5 Å². The summed E-state index contributed by atoms with van der Waals surface area (Å²) in [6.07, 6.45) is 3.80. The predicted octanol–water partition coefficient (Wildman–Crippen LogP) is 0.443. The van der Waals surface area contributed by atoms with Crippen LogP contribution in [0.15, 0.2) is 5.10 Å². The molecule has 0 saturated heterocycles. The number of hydrogen-bond acceptors (Lipinski definition) is 5. The molecule has 1 aliphatic heterocycles. The average molecular weight is 295 g/mol. The van der Waals surface area contributed by atoms with E-state index < -0.39 is 0 Å². The van der Waals surface area contributed by atoms with Crippen molar-refractivity contribution in [3.05, 3.63) is 0 Å². The molecule has 1 heterocycles. The summed E-state index contributed by atoms with van der Waals surface area (Å²) in [5, 5.41) is 8.12. The highest BCUT2D eigenvalue weighted by Gasteiger charge is 2.30. The molecule has 0 aromatic heterocycles. The molecule has 2 aliphatic rings. The minimum Gasteiger partial charge on any atom is -0.469 e. The van der Waals surface area contributed by atoms with E-state index in [1.54, 1.807) is 7.05 Å².